The SMILES string of the molecule is [C-]#[N+]c1cc(NC(=O)N2Cc3c(nn4c3C(=O)N(C)CC3(C4)CC(F)(F)C3)CC2C)ccc1F. The molecule has 1 unspecified atom stereocenters. The van der Waals surface area contributed by atoms with Gasteiger partial charge in [0.25, 0.3) is 5.91 Å². The molecule has 5 rings (SSSR count). The lowest BCUT2D eigenvalue weighted by atomic mass is 9.65. The van der Waals surface area contributed by atoms with Crippen LogP contribution in [0.5, 0.6) is 0 Å². The van der Waals surface area contributed by atoms with Crippen molar-refractivity contribution in [1.82, 2.24) is 19.6 Å². The number of anilines is 1. The third-order valence-electron chi connectivity index (χ3n) is 6.94. The number of halogens is 3. The fourth-order valence-electron chi connectivity index (χ4n) is 5.48. The Balaban J connectivity index is 1.42. The van der Waals surface area contributed by atoms with E-state index in [1.165, 1.54) is 17.0 Å². The molecule has 11 heteroatoms. The molecule has 34 heavy (non-hydrogen) atoms. The lowest BCUT2D eigenvalue weighted by molar-refractivity contribution is -0.170. The van der Waals surface area contributed by atoms with Gasteiger partial charge in [0.15, 0.2) is 0 Å². The van der Waals surface area contributed by atoms with Crippen LogP contribution in [0.15, 0.2) is 18.2 Å². The number of aromatic nitrogens is 2. The van der Waals surface area contributed by atoms with E-state index in [9.17, 15) is 22.8 Å². The number of urea groups is 1. The number of benzene rings is 1. The predicted octanol–water partition coefficient (Wildman–Crippen LogP) is 4.05. The topological polar surface area (TPSA) is 74.8 Å². The van der Waals surface area contributed by atoms with E-state index >= 15 is 0 Å². The highest BCUT2D eigenvalue weighted by Gasteiger charge is 2.58. The van der Waals surface area contributed by atoms with Gasteiger partial charge in [-0.05, 0) is 25.1 Å². The first-order chi connectivity index (χ1) is 16.0. The van der Waals surface area contributed by atoms with Crippen molar-refractivity contribution in [1.29, 1.82) is 0 Å². The maximum absolute atomic E-state index is 13.7. The van der Waals surface area contributed by atoms with Crippen molar-refractivity contribution in [3.05, 3.63) is 52.4 Å². The number of nitrogens with one attached hydrogen (secondary N) is 1. The number of fused-ring (bicyclic) bond motifs is 3. The molecule has 1 spiro atoms. The van der Waals surface area contributed by atoms with Crippen LogP contribution < -0.4 is 5.32 Å². The van der Waals surface area contributed by atoms with Crippen molar-refractivity contribution < 1.29 is 22.8 Å². The van der Waals surface area contributed by atoms with Gasteiger partial charge in [0, 0.05) is 62.1 Å². The zero-order chi connectivity index (χ0) is 24.4. The minimum atomic E-state index is -2.72. The van der Waals surface area contributed by atoms with E-state index in [1.807, 2.05) is 6.92 Å². The minimum absolute atomic E-state index is 0.122. The second-order valence-corrected chi connectivity index (χ2v) is 9.69. The Kier molecular flexibility index (Phi) is 4.90. The van der Waals surface area contributed by atoms with Crippen LogP contribution in [-0.2, 0) is 19.5 Å². The molecule has 0 bridgehead atoms. The summed E-state index contributed by atoms with van der Waals surface area (Å²) in [6.07, 6.45) is -0.160. The summed E-state index contributed by atoms with van der Waals surface area (Å²) >= 11 is 0. The van der Waals surface area contributed by atoms with Gasteiger partial charge in [-0.2, -0.15) is 5.10 Å². The van der Waals surface area contributed by atoms with Crippen LogP contribution in [-0.4, -0.2) is 57.1 Å². The van der Waals surface area contributed by atoms with Crippen molar-refractivity contribution in [2.24, 2.45) is 5.41 Å². The Bertz CT molecular complexity index is 1240. The molecule has 1 aliphatic carbocycles. The summed E-state index contributed by atoms with van der Waals surface area (Å²) in [6.45, 7) is 9.48. The Morgan fingerprint density at radius 2 is 2.03 bits per heavy atom. The van der Waals surface area contributed by atoms with Gasteiger partial charge in [0.1, 0.15) is 11.5 Å². The lowest BCUT2D eigenvalue weighted by Gasteiger charge is -2.47. The highest BCUT2D eigenvalue weighted by molar-refractivity contribution is 5.95. The number of alkyl halides is 2. The second-order valence-electron chi connectivity index (χ2n) is 9.69. The summed E-state index contributed by atoms with van der Waals surface area (Å²) in [5.74, 6) is -3.69. The standard InChI is InChI=1S/C23H23F3N6O2/c1-13-6-17-15(8-31(13)21(34)28-14-4-5-16(24)18(7-14)27-2)19-20(33)30(3)11-22(12-32(19)29-17)9-23(25,26)10-22/h4-5,7,13H,6,8-12H2,1,3H3,(H,28,34). The highest BCUT2D eigenvalue weighted by atomic mass is 19.3. The molecule has 1 N–H and O–H groups in total. The van der Waals surface area contributed by atoms with Gasteiger partial charge in [-0.25, -0.2) is 22.8 Å². The van der Waals surface area contributed by atoms with E-state index in [0.717, 1.165) is 6.07 Å². The lowest BCUT2D eigenvalue weighted by Crippen LogP contribution is -2.53. The molecule has 178 valence electrons. The summed E-state index contributed by atoms with van der Waals surface area (Å²) in [4.78, 5) is 32.4. The smallest absolute Gasteiger partial charge is 0.322 e. The molecule has 0 saturated heterocycles. The van der Waals surface area contributed by atoms with Crippen molar-refractivity contribution in [2.45, 2.75) is 51.2 Å². The Hall–Kier alpha value is -3.55. The largest absolute Gasteiger partial charge is 0.340 e. The average Bonchev–Trinajstić information content (AvgIpc) is 3.03. The number of hydrogen-bond acceptors (Lipinski definition) is 3. The van der Waals surface area contributed by atoms with Gasteiger partial charge in [0.05, 0.1) is 18.8 Å². The molecule has 3 aliphatic rings. The van der Waals surface area contributed by atoms with Gasteiger partial charge >= 0.3 is 6.03 Å². The molecule has 1 aromatic heterocycles. The first kappa shape index (κ1) is 22.3. The molecular formula is C23H23F3N6O2. The molecule has 1 aromatic carbocycles. The molecule has 2 aromatic rings. The van der Waals surface area contributed by atoms with E-state index in [4.69, 9.17) is 6.57 Å². The van der Waals surface area contributed by atoms with E-state index in [0.29, 0.717) is 23.4 Å². The first-order valence-corrected chi connectivity index (χ1v) is 11.0. The Morgan fingerprint density at radius 3 is 2.71 bits per heavy atom. The van der Waals surface area contributed by atoms with Crippen LogP contribution in [0.25, 0.3) is 4.85 Å². The fraction of sp³-hybridized carbons (Fsp3) is 0.478. The van der Waals surface area contributed by atoms with Crippen LogP contribution >= 0.6 is 0 Å². The van der Waals surface area contributed by atoms with Crippen LogP contribution in [0.4, 0.5) is 29.3 Å². The number of carbonyl (C=O) groups excluding carboxylic acids is 2. The van der Waals surface area contributed by atoms with Crippen LogP contribution in [0.2, 0.25) is 0 Å². The molecule has 1 fully saturated rings. The summed E-state index contributed by atoms with van der Waals surface area (Å²) < 4.78 is 42.7. The molecule has 0 radical (unpaired) electrons. The van der Waals surface area contributed by atoms with Gasteiger partial charge in [-0.3, -0.25) is 9.48 Å². The third-order valence-corrected chi connectivity index (χ3v) is 6.94. The summed E-state index contributed by atoms with van der Waals surface area (Å²) in [7, 11) is 1.61. The Labute approximate surface area is 194 Å². The van der Waals surface area contributed by atoms with Crippen LogP contribution in [0, 0.1) is 17.8 Å². The number of amides is 3. The van der Waals surface area contributed by atoms with Gasteiger partial charge in [0.2, 0.25) is 11.6 Å². The molecule has 1 saturated carbocycles. The zero-order valence-corrected chi connectivity index (χ0v) is 18.7. The van der Waals surface area contributed by atoms with Gasteiger partial charge in [-0.1, -0.05) is 0 Å². The number of nitrogens with zero attached hydrogens (tertiary/aromatic N) is 5. The van der Waals surface area contributed by atoms with E-state index in [-0.39, 0.29) is 55.8 Å². The molecule has 1 atom stereocenters. The first-order valence-electron chi connectivity index (χ1n) is 11.0. The summed E-state index contributed by atoms with van der Waals surface area (Å²) in [6, 6.07) is 3.05. The maximum atomic E-state index is 13.7. The molecular weight excluding hydrogens is 449 g/mol. The van der Waals surface area contributed by atoms with Crippen LogP contribution in [0.1, 0.15) is 41.5 Å². The number of carbonyl (C=O) groups is 2. The molecule has 3 heterocycles. The number of rotatable bonds is 1. The van der Waals surface area contributed by atoms with Crippen molar-refractivity contribution >= 4 is 23.3 Å². The predicted molar refractivity (Wildman–Crippen MR) is 116 cm³/mol. The van der Waals surface area contributed by atoms with E-state index in [1.54, 1.807) is 16.6 Å². The van der Waals surface area contributed by atoms with Crippen LogP contribution in [0.3, 0.4) is 0 Å². The third kappa shape index (κ3) is 3.57. The van der Waals surface area contributed by atoms with E-state index < -0.39 is 23.2 Å². The monoisotopic (exact) mass is 472 g/mol. The minimum Gasteiger partial charge on any atom is -0.340 e. The van der Waals surface area contributed by atoms with Gasteiger partial charge in [-0.15, -0.1) is 0 Å². The normalized spacial score (nSPS) is 22.4. The highest BCUT2D eigenvalue weighted by Crippen LogP contribution is 2.54. The molecule has 8 nitrogen and oxygen atoms in total. The number of hydrogen-bond donors (Lipinski definition) is 1. The van der Waals surface area contributed by atoms with Crippen molar-refractivity contribution in [2.75, 3.05) is 18.9 Å². The summed E-state index contributed by atoms with van der Waals surface area (Å²) in [5, 5.41) is 7.30. The second kappa shape index (κ2) is 7.48. The maximum Gasteiger partial charge on any atom is 0.322 e. The quantitative estimate of drug-likeness (QED) is 0.637. The summed E-state index contributed by atoms with van der Waals surface area (Å²) in [5.41, 5.74) is 1.03. The average molecular weight is 472 g/mol. The zero-order valence-electron chi connectivity index (χ0n) is 18.7. The van der Waals surface area contributed by atoms with Gasteiger partial charge < -0.3 is 15.1 Å². The molecule has 3 amide bonds. The molecule has 2 aliphatic heterocycles. The fourth-order valence-corrected chi connectivity index (χ4v) is 5.48. The van der Waals surface area contributed by atoms with E-state index in [2.05, 4.69) is 15.3 Å². The van der Waals surface area contributed by atoms with Crippen molar-refractivity contribution in [3.63, 3.8) is 0 Å². The Morgan fingerprint density at radius 1 is 1.29 bits per heavy atom. The van der Waals surface area contributed by atoms with Crippen molar-refractivity contribution in [3.8, 4) is 0 Å².